The van der Waals surface area contributed by atoms with Gasteiger partial charge in [0.25, 0.3) is 0 Å². The van der Waals surface area contributed by atoms with Crippen molar-refractivity contribution >= 4 is 17.3 Å². The van der Waals surface area contributed by atoms with E-state index in [2.05, 4.69) is 0 Å². The summed E-state index contributed by atoms with van der Waals surface area (Å²) in [5.74, 6) is 0.662. The van der Waals surface area contributed by atoms with Crippen LogP contribution in [0.15, 0.2) is 42.5 Å². The molecule has 0 amide bonds. The van der Waals surface area contributed by atoms with Gasteiger partial charge in [-0.25, -0.2) is 0 Å². The fourth-order valence-corrected chi connectivity index (χ4v) is 1.80. The molecule has 0 saturated carbocycles. The molecule has 0 radical (unpaired) electrons. The Balaban J connectivity index is 2.37. The van der Waals surface area contributed by atoms with E-state index in [4.69, 9.17) is 21.6 Å². The minimum absolute atomic E-state index is 0.110. The highest BCUT2D eigenvalue weighted by Gasteiger charge is 2.16. The van der Waals surface area contributed by atoms with Gasteiger partial charge in [-0.05, 0) is 29.8 Å². The highest BCUT2D eigenvalue weighted by molar-refractivity contribution is 6.17. The lowest BCUT2D eigenvalue weighted by atomic mass is 10.2. The van der Waals surface area contributed by atoms with Gasteiger partial charge >= 0.3 is 5.69 Å². The maximum absolute atomic E-state index is 11.0. The van der Waals surface area contributed by atoms with Gasteiger partial charge in [0.05, 0.1) is 16.6 Å². The summed E-state index contributed by atoms with van der Waals surface area (Å²) >= 11 is 5.66. The van der Waals surface area contributed by atoms with Gasteiger partial charge in [-0.2, -0.15) is 5.26 Å². The first-order chi connectivity index (χ1) is 9.63. The van der Waals surface area contributed by atoms with Crippen LogP contribution in [-0.2, 0) is 5.88 Å². The number of hydrogen-bond acceptors (Lipinski definition) is 4. The van der Waals surface area contributed by atoms with E-state index in [0.717, 1.165) is 0 Å². The third-order valence-corrected chi connectivity index (χ3v) is 2.87. The molecule has 0 bridgehead atoms. The summed E-state index contributed by atoms with van der Waals surface area (Å²) in [7, 11) is 0. The largest absolute Gasteiger partial charge is 0.450 e. The number of hydrogen-bond donors (Lipinski definition) is 0. The van der Waals surface area contributed by atoms with E-state index >= 15 is 0 Å². The molecule has 5 nitrogen and oxygen atoms in total. The van der Waals surface area contributed by atoms with Crippen molar-refractivity contribution in [3.05, 3.63) is 63.7 Å². The molecule has 0 aromatic heterocycles. The van der Waals surface area contributed by atoms with Crippen molar-refractivity contribution in [1.29, 1.82) is 5.26 Å². The molecular formula is C14H9ClN2O3. The standard InChI is InChI=1S/C14H9ClN2O3/c15-8-10-4-5-14(13(7-10)17(18)19)20-12-3-1-2-11(6-12)9-16/h1-7H,8H2. The average molecular weight is 289 g/mol. The van der Waals surface area contributed by atoms with Gasteiger partial charge in [0.2, 0.25) is 5.75 Å². The van der Waals surface area contributed by atoms with Crippen molar-refractivity contribution in [3.63, 3.8) is 0 Å². The number of benzene rings is 2. The number of ether oxygens (including phenoxy) is 1. The quantitative estimate of drug-likeness (QED) is 0.484. The number of nitrogens with zero attached hydrogens (tertiary/aromatic N) is 2. The van der Waals surface area contributed by atoms with Gasteiger partial charge in [-0.1, -0.05) is 12.1 Å². The zero-order valence-electron chi connectivity index (χ0n) is 10.2. The molecule has 0 aliphatic heterocycles. The molecule has 0 aliphatic rings. The van der Waals surface area contributed by atoms with Crippen molar-refractivity contribution in [2.75, 3.05) is 0 Å². The van der Waals surface area contributed by atoms with Crippen molar-refractivity contribution in [2.24, 2.45) is 0 Å². The minimum atomic E-state index is -0.528. The smallest absolute Gasteiger partial charge is 0.311 e. The predicted molar refractivity (Wildman–Crippen MR) is 73.9 cm³/mol. The summed E-state index contributed by atoms with van der Waals surface area (Å²) in [5, 5.41) is 19.8. The third kappa shape index (κ3) is 3.05. The normalized spacial score (nSPS) is 9.80. The van der Waals surface area contributed by atoms with E-state index in [1.165, 1.54) is 18.2 Å². The van der Waals surface area contributed by atoms with Crippen molar-refractivity contribution < 1.29 is 9.66 Å². The van der Waals surface area contributed by atoms with E-state index in [1.54, 1.807) is 24.3 Å². The van der Waals surface area contributed by atoms with Crippen LogP contribution in [0.1, 0.15) is 11.1 Å². The lowest BCUT2D eigenvalue weighted by molar-refractivity contribution is -0.385. The minimum Gasteiger partial charge on any atom is -0.450 e. The summed E-state index contributed by atoms with van der Waals surface area (Å²) in [6.07, 6.45) is 0. The Morgan fingerprint density at radius 1 is 1.30 bits per heavy atom. The van der Waals surface area contributed by atoms with E-state index in [-0.39, 0.29) is 17.3 Å². The fraction of sp³-hybridized carbons (Fsp3) is 0.0714. The number of nitriles is 1. The maximum Gasteiger partial charge on any atom is 0.311 e. The van der Waals surface area contributed by atoms with Gasteiger partial charge in [0.1, 0.15) is 5.75 Å². The molecule has 0 N–H and O–H groups in total. The molecule has 6 heteroatoms. The first kappa shape index (κ1) is 13.8. The van der Waals surface area contributed by atoms with Gasteiger partial charge in [-0.15, -0.1) is 11.6 Å². The average Bonchev–Trinajstić information content (AvgIpc) is 2.47. The van der Waals surface area contributed by atoms with Crippen molar-refractivity contribution in [2.45, 2.75) is 5.88 Å². The van der Waals surface area contributed by atoms with Crippen LogP contribution in [0.2, 0.25) is 0 Å². The topological polar surface area (TPSA) is 76.2 Å². The summed E-state index contributed by atoms with van der Waals surface area (Å²) in [6, 6.07) is 12.9. The second-order valence-corrected chi connectivity index (χ2v) is 4.20. The Bertz CT molecular complexity index is 695. The first-order valence-electron chi connectivity index (χ1n) is 5.65. The van der Waals surface area contributed by atoms with Gasteiger partial charge in [0.15, 0.2) is 0 Å². The van der Waals surface area contributed by atoms with Crippen LogP contribution < -0.4 is 4.74 Å². The summed E-state index contributed by atoms with van der Waals surface area (Å²) in [6.45, 7) is 0. The Labute approximate surface area is 120 Å². The van der Waals surface area contributed by atoms with Crippen molar-refractivity contribution in [3.8, 4) is 17.6 Å². The molecule has 0 fully saturated rings. The fourth-order valence-electron chi connectivity index (χ4n) is 1.63. The highest BCUT2D eigenvalue weighted by atomic mass is 35.5. The summed E-state index contributed by atoms with van der Waals surface area (Å²) < 4.78 is 5.48. The summed E-state index contributed by atoms with van der Waals surface area (Å²) in [5.41, 5.74) is 0.893. The lowest BCUT2D eigenvalue weighted by Crippen LogP contribution is -1.95. The Hall–Kier alpha value is -2.58. The van der Waals surface area contributed by atoms with Crippen LogP contribution in [0.3, 0.4) is 0 Å². The molecule has 0 unspecified atom stereocenters. The summed E-state index contributed by atoms with van der Waals surface area (Å²) in [4.78, 5) is 10.5. The second kappa shape index (κ2) is 6.04. The molecule has 0 atom stereocenters. The highest BCUT2D eigenvalue weighted by Crippen LogP contribution is 2.32. The number of alkyl halides is 1. The third-order valence-electron chi connectivity index (χ3n) is 2.57. The van der Waals surface area contributed by atoms with Crippen LogP contribution in [0.5, 0.6) is 11.5 Å². The van der Waals surface area contributed by atoms with Gasteiger partial charge in [-0.3, -0.25) is 10.1 Å². The number of rotatable bonds is 4. The second-order valence-electron chi connectivity index (χ2n) is 3.93. The molecule has 0 heterocycles. The monoisotopic (exact) mass is 288 g/mol. The van der Waals surface area contributed by atoms with Crippen LogP contribution in [0, 0.1) is 21.4 Å². The number of halogens is 1. The molecule has 2 aromatic carbocycles. The zero-order chi connectivity index (χ0) is 14.5. The molecular weight excluding hydrogens is 280 g/mol. The number of nitro groups is 1. The maximum atomic E-state index is 11.0. The van der Waals surface area contributed by atoms with E-state index in [0.29, 0.717) is 16.9 Å². The first-order valence-corrected chi connectivity index (χ1v) is 6.19. The predicted octanol–water partition coefficient (Wildman–Crippen LogP) is 4.00. The van der Waals surface area contributed by atoms with Crippen LogP contribution in [0.4, 0.5) is 5.69 Å². The van der Waals surface area contributed by atoms with Crippen LogP contribution >= 0.6 is 11.6 Å². The molecule has 100 valence electrons. The van der Waals surface area contributed by atoms with E-state index in [9.17, 15) is 10.1 Å². The molecule has 2 aromatic rings. The Morgan fingerprint density at radius 2 is 2.10 bits per heavy atom. The SMILES string of the molecule is N#Cc1cccc(Oc2ccc(CCl)cc2[N+](=O)[O-])c1. The zero-order valence-corrected chi connectivity index (χ0v) is 11.0. The molecule has 20 heavy (non-hydrogen) atoms. The Morgan fingerprint density at radius 3 is 2.75 bits per heavy atom. The molecule has 0 saturated heterocycles. The van der Waals surface area contributed by atoms with Gasteiger partial charge in [0, 0.05) is 11.9 Å². The molecule has 2 rings (SSSR count). The van der Waals surface area contributed by atoms with Crippen molar-refractivity contribution in [1.82, 2.24) is 0 Å². The van der Waals surface area contributed by atoms with Crippen LogP contribution in [-0.4, -0.2) is 4.92 Å². The van der Waals surface area contributed by atoms with Gasteiger partial charge < -0.3 is 4.74 Å². The van der Waals surface area contributed by atoms with E-state index < -0.39 is 4.92 Å². The van der Waals surface area contributed by atoms with E-state index in [1.807, 2.05) is 6.07 Å². The molecule has 0 aliphatic carbocycles. The lowest BCUT2D eigenvalue weighted by Gasteiger charge is -2.07. The Kier molecular flexibility index (Phi) is 4.18. The number of nitro benzene ring substituents is 1. The molecule has 0 spiro atoms. The van der Waals surface area contributed by atoms with Crippen LogP contribution in [0.25, 0.3) is 0 Å².